The SMILES string of the molecule is Cc1cccc(Nc2cnnc(N3CCN(c4ccccn4)CC3)n2)c1. The smallest absolute Gasteiger partial charge is 0.247 e. The van der Waals surface area contributed by atoms with E-state index in [0.717, 1.165) is 37.7 Å². The highest BCUT2D eigenvalue weighted by atomic mass is 15.4. The Labute approximate surface area is 152 Å². The number of aromatic nitrogens is 4. The summed E-state index contributed by atoms with van der Waals surface area (Å²) in [6, 6.07) is 14.2. The standard InChI is InChI=1S/C19H21N7/c1-15-5-4-6-16(13-15)22-17-14-21-24-19(23-17)26-11-9-25(10-12-26)18-7-2-3-8-20-18/h2-8,13-14H,9-12H2,1H3,(H,22,23,24). The van der Waals surface area contributed by atoms with Gasteiger partial charge in [-0.25, -0.2) is 4.98 Å². The van der Waals surface area contributed by atoms with E-state index in [2.05, 4.69) is 54.3 Å². The summed E-state index contributed by atoms with van der Waals surface area (Å²) in [5.74, 6) is 2.37. The van der Waals surface area contributed by atoms with Crippen LogP contribution in [-0.4, -0.2) is 46.3 Å². The molecule has 0 radical (unpaired) electrons. The van der Waals surface area contributed by atoms with Crippen LogP contribution in [0.1, 0.15) is 5.56 Å². The molecular weight excluding hydrogens is 326 g/mol. The van der Waals surface area contributed by atoms with Gasteiger partial charge in [0.15, 0.2) is 5.82 Å². The zero-order valence-electron chi connectivity index (χ0n) is 14.7. The summed E-state index contributed by atoms with van der Waals surface area (Å²) >= 11 is 0. The first-order valence-electron chi connectivity index (χ1n) is 8.72. The number of anilines is 4. The molecule has 1 aliphatic rings. The number of pyridine rings is 1. The van der Waals surface area contributed by atoms with Gasteiger partial charge >= 0.3 is 0 Å². The summed E-state index contributed by atoms with van der Waals surface area (Å²) in [4.78, 5) is 13.5. The van der Waals surface area contributed by atoms with Crippen LogP contribution in [0.5, 0.6) is 0 Å². The van der Waals surface area contributed by atoms with Crippen LogP contribution in [0, 0.1) is 6.92 Å². The molecule has 1 aliphatic heterocycles. The van der Waals surface area contributed by atoms with E-state index < -0.39 is 0 Å². The first-order valence-corrected chi connectivity index (χ1v) is 8.72. The highest BCUT2D eigenvalue weighted by molar-refractivity contribution is 5.57. The number of hydrogen-bond acceptors (Lipinski definition) is 7. The molecule has 1 saturated heterocycles. The Kier molecular flexibility index (Phi) is 4.59. The number of nitrogens with zero attached hydrogens (tertiary/aromatic N) is 6. The predicted molar refractivity (Wildman–Crippen MR) is 103 cm³/mol. The van der Waals surface area contributed by atoms with Crippen LogP contribution < -0.4 is 15.1 Å². The molecule has 0 bridgehead atoms. The van der Waals surface area contributed by atoms with Gasteiger partial charge in [-0.3, -0.25) is 0 Å². The van der Waals surface area contributed by atoms with E-state index >= 15 is 0 Å². The van der Waals surface area contributed by atoms with Crippen molar-refractivity contribution in [1.29, 1.82) is 0 Å². The third-order valence-electron chi connectivity index (χ3n) is 4.37. The lowest BCUT2D eigenvalue weighted by Crippen LogP contribution is -2.47. The molecule has 2 aromatic heterocycles. The minimum Gasteiger partial charge on any atom is -0.353 e. The zero-order valence-corrected chi connectivity index (χ0v) is 14.7. The van der Waals surface area contributed by atoms with Crippen molar-refractivity contribution < 1.29 is 0 Å². The lowest BCUT2D eigenvalue weighted by molar-refractivity contribution is 0.630. The molecule has 0 saturated carbocycles. The quantitative estimate of drug-likeness (QED) is 0.778. The number of benzene rings is 1. The van der Waals surface area contributed by atoms with Gasteiger partial charge in [-0.05, 0) is 36.8 Å². The van der Waals surface area contributed by atoms with Gasteiger partial charge in [0.1, 0.15) is 5.82 Å². The van der Waals surface area contributed by atoms with Gasteiger partial charge < -0.3 is 15.1 Å². The zero-order chi connectivity index (χ0) is 17.8. The molecule has 0 spiro atoms. The maximum atomic E-state index is 4.63. The average molecular weight is 347 g/mol. The maximum absolute atomic E-state index is 4.63. The Morgan fingerprint density at radius 3 is 2.58 bits per heavy atom. The molecule has 0 aliphatic carbocycles. The Morgan fingerprint density at radius 1 is 0.962 bits per heavy atom. The van der Waals surface area contributed by atoms with E-state index in [9.17, 15) is 0 Å². The molecule has 4 rings (SSSR count). The molecule has 0 atom stereocenters. The van der Waals surface area contributed by atoms with Crippen LogP contribution >= 0.6 is 0 Å². The van der Waals surface area contributed by atoms with E-state index in [0.29, 0.717) is 11.8 Å². The highest BCUT2D eigenvalue weighted by Gasteiger charge is 2.20. The van der Waals surface area contributed by atoms with Gasteiger partial charge in [-0.15, -0.1) is 5.10 Å². The van der Waals surface area contributed by atoms with Gasteiger partial charge in [-0.2, -0.15) is 10.1 Å². The van der Waals surface area contributed by atoms with Crippen LogP contribution in [0.4, 0.5) is 23.3 Å². The monoisotopic (exact) mass is 347 g/mol. The summed E-state index contributed by atoms with van der Waals surface area (Å²) in [6.45, 7) is 5.51. The maximum Gasteiger partial charge on any atom is 0.247 e. The fourth-order valence-corrected chi connectivity index (χ4v) is 3.04. The normalized spacial score (nSPS) is 14.3. The highest BCUT2D eigenvalue weighted by Crippen LogP contribution is 2.19. The van der Waals surface area contributed by atoms with Crippen molar-refractivity contribution in [3.05, 3.63) is 60.4 Å². The molecule has 3 aromatic rings. The fraction of sp³-hybridized carbons (Fsp3) is 0.263. The van der Waals surface area contributed by atoms with Crippen LogP contribution in [0.25, 0.3) is 0 Å². The molecule has 26 heavy (non-hydrogen) atoms. The van der Waals surface area contributed by atoms with E-state index in [-0.39, 0.29) is 0 Å². The van der Waals surface area contributed by atoms with Crippen molar-refractivity contribution in [1.82, 2.24) is 20.2 Å². The van der Waals surface area contributed by atoms with Crippen molar-refractivity contribution in [2.45, 2.75) is 6.92 Å². The molecule has 0 unspecified atom stereocenters. The third-order valence-corrected chi connectivity index (χ3v) is 4.37. The number of aryl methyl sites for hydroxylation is 1. The Bertz CT molecular complexity index is 861. The minimum absolute atomic E-state index is 0.656. The van der Waals surface area contributed by atoms with Crippen molar-refractivity contribution in [2.75, 3.05) is 41.3 Å². The van der Waals surface area contributed by atoms with Crippen molar-refractivity contribution in [3.8, 4) is 0 Å². The Morgan fingerprint density at radius 2 is 1.81 bits per heavy atom. The number of rotatable bonds is 4. The summed E-state index contributed by atoms with van der Waals surface area (Å²) in [5.41, 5.74) is 2.19. The van der Waals surface area contributed by atoms with Gasteiger partial charge in [0.2, 0.25) is 5.95 Å². The van der Waals surface area contributed by atoms with Gasteiger partial charge in [-0.1, -0.05) is 18.2 Å². The molecule has 0 amide bonds. The number of piperazine rings is 1. The largest absolute Gasteiger partial charge is 0.353 e. The average Bonchev–Trinajstić information content (AvgIpc) is 2.69. The first kappa shape index (κ1) is 16.3. The molecule has 7 heteroatoms. The van der Waals surface area contributed by atoms with Gasteiger partial charge in [0.25, 0.3) is 0 Å². The van der Waals surface area contributed by atoms with Gasteiger partial charge in [0.05, 0.1) is 6.20 Å². The Hall–Kier alpha value is -3.22. The molecule has 1 fully saturated rings. The van der Waals surface area contributed by atoms with E-state index in [1.165, 1.54) is 5.56 Å². The second-order valence-corrected chi connectivity index (χ2v) is 6.30. The van der Waals surface area contributed by atoms with E-state index in [4.69, 9.17) is 0 Å². The minimum atomic E-state index is 0.656. The topological polar surface area (TPSA) is 70.1 Å². The lowest BCUT2D eigenvalue weighted by Gasteiger charge is -2.35. The summed E-state index contributed by atoms with van der Waals surface area (Å²) < 4.78 is 0. The number of hydrogen-bond donors (Lipinski definition) is 1. The summed E-state index contributed by atoms with van der Waals surface area (Å²) in [5, 5.41) is 11.6. The lowest BCUT2D eigenvalue weighted by atomic mass is 10.2. The molecule has 132 valence electrons. The summed E-state index contributed by atoms with van der Waals surface area (Å²) in [6.07, 6.45) is 3.48. The molecule has 3 heterocycles. The van der Waals surface area contributed by atoms with E-state index in [1.54, 1.807) is 6.20 Å². The van der Waals surface area contributed by atoms with Crippen LogP contribution in [0.15, 0.2) is 54.9 Å². The molecule has 7 nitrogen and oxygen atoms in total. The second kappa shape index (κ2) is 7.35. The molecule has 1 aromatic carbocycles. The van der Waals surface area contributed by atoms with Crippen molar-refractivity contribution >= 4 is 23.3 Å². The fourth-order valence-electron chi connectivity index (χ4n) is 3.04. The number of nitrogens with one attached hydrogen (secondary N) is 1. The molecular formula is C19H21N7. The molecule has 1 N–H and O–H groups in total. The van der Waals surface area contributed by atoms with Crippen molar-refractivity contribution in [2.24, 2.45) is 0 Å². The van der Waals surface area contributed by atoms with Crippen LogP contribution in [0.2, 0.25) is 0 Å². The summed E-state index contributed by atoms with van der Waals surface area (Å²) in [7, 11) is 0. The van der Waals surface area contributed by atoms with Crippen molar-refractivity contribution in [3.63, 3.8) is 0 Å². The van der Waals surface area contributed by atoms with E-state index in [1.807, 2.05) is 36.5 Å². The Balaban J connectivity index is 1.43. The first-order chi connectivity index (χ1) is 12.8. The third kappa shape index (κ3) is 3.72. The van der Waals surface area contributed by atoms with Crippen LogP contribution in [0.3, 0.4) is 0 Å². The second-order valence-electron chi connectivity index (χ2n) is 6.30. The van der Waals surface area contributed by atoms with Crippen LogP contribution in [-0.2, 0) is 0 Å². The van der Waals surface area contributed by atoms with Gasteiger partial charge in [0, 0.05) is 38.1 Å². The predicted octanol–water partition coefficient (Wildman–Crippen LogP) is 2.65.